The first-order valence-corrected chi connectivity index (χ1v) is 10.1. The van der Waals surface area contributed by atoms with E-state index >= 15 is 0 Å². The Morgan fingerprint density at radius 3 is 2.86 bits per heavy atom. The van der Waals surface area contributed by atoms with Gasteiger partial charge in [-0.15, -0.1) is 10.2 Å². The van der Waals surface area contributed by atoms with Crippen molar-refractivity contribution in [2.24, 2.45) is 0 Å². The fourth-order valence-corrected chi connectivity index (χ4v) is 4.35. The van der Waals surface area contributed by atoms with Crippen LogP contribution in [0.1, 0.15) is 5.56 Å². The van der Waals surface area contributed by atoms with E-state index in [-0.39, 0.29) is 5.82 Å². The molecule has 2 aromatic heterocycles. The van der Waals surface area contributed by atoms with Crippen LogP contribution in [0.25, 0.3) is 22.3 Å². The summed E-state index contributed by atoms with van der Waals surface area (Å²) in [6, 6.07) is 12.7. The molecule has 0 aliphatic heterocycles. The van der Waals surface area contributed by atoms with E-state index in [4.69, 9.17) is 16.3 Å². The zero-order valence-corrected chi connectivity index (χ0v) is 16.7. The molecule has 144 valence electrons. The molecule has 0 aliphatic rings. The van der Waals surface area contributed by atoms with E-state index in [0.29, 0.717) is 34.6 Å². The number of thioether (sulfide) groups is 1. The Balaban J connectivity index is 1.68. The van der Waals surface area contributed by atoms with E-state index in [1.54, 1.807) is 19.2 Å². The van der Waals surface area contributed by atoms with E-state index in [1.165, 1.54) is 17.8 Å². The van der Waals surface area contributed by atoms with Crippen LogP contribution in [0.2, 0.25) is 5.02 Å². The first kappa shape index (κ1) is 19.0. The second kappa shape index (κ2) is 8.34. The molecular weight excluding hydrogens is 399 g/mol. The van der Waals surface area contributed by atoms with Crippen LogP contribution in [0.15, 0.2) is 53.8 Å². The summed E-state index contributed by atoms with van der Waals surface area (Å²) in [4.78, 5) is 3.27. The summed E-state index contributed by atoms with van der Waals surface area (Å²) >= 11 is 7.55. The highest BCUT2D eigenvalue weighted by atomic mass is 35.5. The molecule has 5 nitrogen and oxygen atoms in total. The van der Waals surface area contributed by atoms with Crippen LogP contribution in [0.4, 0.5) is 4.39 Å². The van der Waals surface area contributed by atoms with E-state index in [1.807, 2.05) is 35.0 Å². The van der Waals surface area contributed by atoms with Gasteiger partial charge in [0.15, 0.2) is 11.0 Å². The molecule has 0 fully saturated rings. The third kappa shape index (κ3) is 3.65. The fraction of sp³-hybridized carbons (Fsp3) is 0.200. The smallest absolute Gasteiger partial charge is 0.191 e. The van der Waals surface area contributed by atoms with Gasteiger partial charge in [-0.3, -0.25) is 4.57 Å². The number of rotatable bonds is 7. The number of aromatic amines is 1. The number of methoxy groups -OCH3 is 1. The normalized spacial score (nSPS) is 11.4. The van der Waals surface area contributed by atoms with Crippen LogP contribution in [0.5, 0.6) is 0 Å². The number of benzene rings is 2. The molecule has 4 aromatic rings. The molecule has 0 unspecified atom stereocenters. The highest BCUT2D eigenvalue weighted by Crippen LogP contribution is 2.32. The average molecular weight is 417 g/mol. The van der Waals surface area contributed by atoms with E-state index in [2.05, 4.69) is 15.2 Å². The second-order valence-electron chi connectivity index (χ2n) is 6.19. The third-order valence-corrected chi connectivity index (χ3v) is 5.82. The maximum Gasteiger partial charge on any atom is 0.191 e. The molecule has 4 rings (SSSR count). The predicted octanol–water partition coefficient (Wildman–Crippen LogP) is 5.16. The van der Waals surface area contributed by atoms with Gasteiger partial charge in [0, 0.05) is 46.1 Å². The summed E-state index contributed by atoms with van der Waals surface area (Å²) < 4.78 is 21.3. The number of para-hydroxylation sites is 1. The van der Waals surface area contributed by atoms with Gasteiger partial charge in [-0.1, -0.05) is 47.6 Å². The topological polar surface area (TPSA) is 55.7 Å². The van der Waals surface area contributed by atoms with Gasteiger partial charge in [-0.05, 0) is 18.2 Å². The average Bonchev–Trinajstić information content (AvgIpc) is 3.29. The SMILES string of the molecule is COCCn1c(SCc2c(F)cccc2Cl)nnc1-c1c[nH]c2ccccc12. The molecular formula is C20H18ClFN4OS. The van der Waals surface area contributed by atoms with Gasteiger partial charge in [-0.2, -0.15) is 0 Å². The minimum atomic E-state index is -0.320. The lowest BCUT2D eigenvalue weighted by Gasteiger charge is -2.10. The summed E-state index contributed by atoms with van der Waals surface area (Å²) in [5, 5.41) is 10.9. The van der Waals surface area contributed by atoms with Crippen molar-refractivity contribution < 1.29 is 9.13 Å². The first-order chi connectivity index (χ1) is 13.7. The van der Waals surface area contributed by atoms with Gasteiger partial charge in [0.05, 0.1) is 13.2 Å². The van der Waals surface area contributed by atoms with Crippen molar-refractivity contribution >= 4 is 34.3 Å². The zero-order valence-electron chi connectivity index (χ0n) is 15.2. The van der Waals surface area contributed by atoms with Gasteiger partial charge in [0.1, 0.15) is 5.82 Å². The molecule has 0 saturated heterocycles. The van der Waals surface area contributed by atoms with Crippen molar-refractivity contribution in [1.82, 2.24) is 19.7 Å². The van der Waals surface area contributed by atoms with Gasteiger partial charge in [0.25, 0.3) is 0 Å². The summed E-state index contributed by atoms with van der Waals surface area (Å²) in [7, 11) is 1.65. The number of H-pyrrole nitrogens is 1. The molecule has 0 spiro atoms. The standard InChI is InChI=1S/C20H18ClFN4OS/c1-27-10-9-26-19(14-11-23-18-8-3-2-5-13(14)18)24-25-20(26)28-12-15-16(21)6-4-7-17(15)22/h2-8,11,23H,9-10,12H2,1H3. The Morgan fingerprint density at radius 1 is 1.18 bits per heavy atom. The summed E-state index contributed by atoms with van der Waals surface area (Å²) in [6.45, 7) is 1.10. The Morgan fingerprint density at radius 2 is 2.04 bits per heavy atom. The molecule has 8 heteroatoms. The minimum Gasteiger partial charge on any atom is -0.383 e. The van der Waals surface area contributed by atoms with Crippen LogP contribution in [0.3, 0.4) is 0 Å². The van der Waals surface area contributed by atoms with Gasteiger partial charge in [-0.25, -0.2) is 4.39 Å². The quantitative estimate of drug-likeness (QED) is 0.423. The monoisotopic (exact) mass is 416 g/mol. The summed E-state index contributed by atoms with van der Waals surface area (Å²) in [5.41, 5.74) is 2.46. The molecule has 0 saturated carbocycles. The molecule has 0 amide bonds. The number of ether oxygens (including phenoxy) is 1. The minimum absolute atomic E-state index is 0.320. The van der Waals surface area contributed by atoms with Crippen molar-refractivity contribution in [1.29, 1.82) is 0 Å². The second-order valence-corrected chi connectivity index (χ2v) is 7.54. The van der Waals surface area contributed by atoms with E-state index < -0.39 is 0 Å². The number of hydrogen-bond donors (Lipinski definition) is 1. The summed E-state index contributed by atoms with van der Waals surface area (Å²) in [6.07, 6.45) is 1.93. The van der Waals surface area contributed by atoms with Crippen molar-refractivity contribution in [3.63, 3.8) is 0 Å². The number of nitrogens with one attached hydrogen (secondary N) is 1. The highest BCUT2D eigenvalue weighted by molar-refractivity contribution is 7.98. The highest BCUT2D eigenvalue weighted by Gasteiger charge is 2.18. The lowest BCUT2D eigenvalue weighted by atomic mass is 10.1. The van der Waals surface area contributed by atoms with Crippen molar-refractivity contribution in [2.75, 3.05) is 13.7 Å². The van der Waals surface area contributed by atoms with Crippen LogP contribution in [-0.4, -0.2) is 33.5 Å². The maximum absolute atomic E-state index is 14.1. The number of halogens is 2. The Labute approximate surface area is 170 Å². The van der Waals surface area contributed by atoms with E-state index in [9.17, 15) is 4.39 Å². The van der Waals surface area contributed by atoms with E-state index in [0.717, 1.165) is 22.3 Å². The maximum atomic E-state index is 14.1. The number of hydrogen-bond acceptors (Lipinski definition) is 4. The van der Waals surface area contributed by atoms with Crippen molar-refractivity contribution in [2.45, 2.75) is 17.5 Å². The Kier molecular flexibility index (Phi) is 5.66. The number of aromatic nitrogens is 4. The van der Waals surface area contributed by atoms with Gasteiger partial charge < -0.3 is 9.72 Å². The zero-order chi connectivity index (χ0) is 19.5. The first-order valence-electron chi connectivity index (χ1n) is 8.73. The lowest BCUT2D eigenvalue weighted by molar-refractivity contribution is 0.185. The molecule has 0 atom stereocenters. The number of nitrogens with zero attached hydrogens (tertiary/aromatic N) is 3. The van der Waals surface area contributed by atoms with Crippen LogP contribution < -0.4 is 0 Å². The fourth-order valence-electron chi connectivity index (χ4n) is 3.04. The molecule has 0 bridgehead atoms. The lowest BCUT2D eigenvalue weighted by Crippen LogP contribution is -2.07. The molecule has 0 radical (unpaired) electrons. The third-order valence-electron chi connectivity index (χ3n) is 4.47. The molecule has 1 N–H and O–H groups in total. The van der Waals surface area contributed by atoms with Crippen molar-refractivity contribution in [3.05, 3.63) is 65.1 Å². The molecule has 0 aliphatic carbocycles. The predicted molar refractivity (Wildman–Crippen MR) is 110 cm³/mol. The van der Waals surface area contributed by atoms with Gasteiger partial charge in [0.2, 0.25) is 0 Å². The molecule has 2 heterocycles. The number of fused-ring (bicyclic) bond motifs is 1. The largest absolute Gasteiger partial charge is 0.383 e. The Hall–Kier alpha value is -2.35. The molecule has 2 aromatic carbocycles. The van der Waals surface area contributed by atoms with Crippen molar-refractivity contribution in [3.8, 4) is 11.4 Å². The van der Waals surface area contributed by atoms with Crippen LogP contribution >= 0.6 is 23.4 Å². The summed E-state index contributed by atoms with van der Waals surface area (Å²) in [5.74, 6) is 0.793. The molecule has 28 heavy (non-hydrogen) atoms. The van der Waals surface area contributed by atoms with Crippen LogP contribution in [0, 0.1) is 5.82 Å². The van der Waals surface area contributed by atoms with Gasteiger partial charge >= 0.3 is 0 Å². The Bertz CT molecular complexity index is 1090. The van der Waals surface area contributed by atoms with Crippen LogP contribution in [-0.2, 0) is 17.0 Å².